The number of hydrogen-bond donors (Lipinski definition) is 9. The molecule has 0 amide bonds. The lowest BCUT2D eigenvalue weighted by Gasteiger charge is -2.42. The maximum Gasteiger partial charge on any atom is 0.229 e. The average Bonchev–Trinajstić information content (AvgIpc) is 3.00. The van der Waals surface area contributed by atoms with Gasteiger partial charge >= 0.3 is 0 Å². The van der Waals surface area contributed by atoms with Crippen molar-refractivity contribution in [3.63, 3.8) is 0 Å². The van der Waals surface area contributed by atoms with E-state index in [4.69, 9.17) is 23.4 Å². The third-order valence-corrected chi connectivity index (χ3v) is 7.64. The fourth-order valence-corrected chi connectivity index (χ4v) is 5.19. The Bertz CT molecular complexity index is 1490. The zero-order chi connectivity index (χ0) is 31.2. The first-order chi connectivity index (χ1) is 20.5. The van der Waals surface area contributed by atoms with Gasteiger partial charge in [-0.05, 0) is 24.3 Å². The first-order valence-electron chi connectivity index (χ1n) is 13.3. The first-order valence-corrected chi connectivity index (χ1v) is 13.3. The van der Waals surface area contributed by atoms with E-state index >= 15 is 0 Å². The van der Waals surface area contributed by atoms with Gasteiger partial charge in [0.15, 0.2) is 5.43 Å². The molecule has 15 heteroatoms. The predicted molar refractivity (Wildman–Crippen MR) is 143 cm³/mol. The number of aromatic hydroxyl groups is 1. The summed E-state index contributed by atoms with van der Waals surface area (Å²) >= 11 is 0. The van der Waals surface area contributed by atoms with Gasteiger partial charge in [0.25, 0.3) is 0 Å². The van der Waals surface area contributed by atoms with Crippen molar-refractivity contribution in [3.05, 3.63) is 52.2 Å². The molecule has 0 saturated carbocycles. The molecule has 2 aromatic carbocycles. The highest BCUT2D eigenvalue weighted by Crippen LogP contribution is 2.46. The third kappa shape index (κ3) is 5.56. The minimum absolute atomic E-state index is 0.0823. The molecule has 3 heterocycles. The van der Waals surface area contributed by atoms with Crippen molar-refractivity contribution in [3.8, 4) is 28.6 Å². The van der Waals surface area contributed by atoms with Crippen LogP contribution in [0.3, 0.4) is 0 Å². The molecule has 9 N–H and O–H groups in total. The van der Waals surface area contributed by atoms with Crippen LogP contribution >= 0.6 is 0 Å². The van der Waals surface area contributed by atoms with Crippen LogP contribution in [0, 0.1) is 0 Å². The van der Waals surface area contributed by atoms with Crippen LogP contribution in [0.2, 0.25) is 0 Å². The summed E-state index contributed by atoms with van der Waals surface area (Å²) in [5.74, 6) is -0.631. The standard InChI is InChI=1S/C28H32O15/c1-39-11-4-2-10(3-5-11)13-6-12(31)18-14(40-13)7-15(42-28-26(38)24(36)21(33)17(9-30)43-28)19(22(18)34)27-25(37)23(35)20(32)16(8-29)41-27/h2-7,16-17,20-21,23-30,32-38H,8-9H2,1H3/t16?,17?,20-,21-,23+,24+,25?,26?,27+,28-/m1/s1. The second-order valence-electron chi connectivity index (χ2n) is 10.3. The van der Waals surface area contributed by atoms with Crippen LogP contribution in [0.4, 0.5) is 0 Å². The smallest absolute Gasteiger partial charge is 0.229 e. The van der Waals surface area contributed by atoms with Gasteiger partial charge in [-0.1, -0.05) is 0 Å². The summed E-state index contributed by atoms with van der Waals surface area (Å²) in [6.07, 6.45) is -17.3. The number of aliphatic hydroxyl groups is 8. The molecule has 10 atom stereocenters. The molecule has 0 spiro atoms. The fourth-order valence-electron chi connectivity index (χ4n) is 5.19. The number of rotatable bonds is 7. The van der Waals surface area contributed by atoms with Crippen LogP contribution in [0.25, 0.3) is 22.3 Å². The van der Waals surface area contributed by atoms with E-state index in [-0.39, 0.29) is 16.7 Å². The molecule has 0 bridgehead atoms. The van der Waals surface area contributed by atoms with Crippen molar-refractivity contribution in [2.75, 3.05) is 20.3 Å². The maximum absolute atomic E-state index is 13.3. The van der Waals surface area contributed by atoms with E-state index in [9.17, 15) is 50.8 Å². The highest BCUT2D eigenvalue weighted by molar-refractivity contribution is 5.88. The van der Waals surface area contributed by atoms with Crippen LogP contribution in [0.1, 0.15) is 11.7 Å². The van der Waals surface area contributed by atoms with E-state index in [1.54, 1.807) is 24.3 Å². The lowest BCUT2D eigenvalue weighted by molar-refractivity contribution is -0.278. The molecule has 15 nitrogen and oxygen atoms in total. The summed E-state index contributed by atoms with van der Waals surface area (Å²) < 4.78 is 27.9. The van der Waals surface area contributed by atoms with Gasteiger partial charge in [0.2, 0.25) is 6.29 Å². The second kappa shape index (κ2) is 12.3. The van der Waals surface area contributed by atoms with Crippen LogP contribution in [0.5, 0.6) is 17.2 Å². The van der Waals surface area contributed by atoms with Crippen molar-refractivity contribution in [2.45, 2.75) is 61.2 Å². The zero-order valence-electron chi connectivity index (χ0n) is 22.6. The van der Waals surface area contributed by atoms with E-state index < -0.39 is 96.9 Å². The molecule has 2 saturated heterocycles. The van der Waals surface area contributed by atoms with Crippen molar-refractivity contribution >= 4 is 11.0 Å². The Kier molecular flexibility index (Phi) is 8.92. The van der Waals surface area contributed by atoms with Gasteiger partial charge in [-0.2, -0.15) is 0 Å². The maximum atomic E-state index is 13.3. The number of aliphatic hydroxyl groups excluding tert-OH is 8. The molecular weight excluding hydrogens is 576 g/mol. The molecule has 2 fully saturated rings. The Morgan fingerprint density at radius 1 is 0.791 bits per heavy atom. The van der Waals surface area contributed by atoms with Gasteiger partial charge in [0, 0.05) is 17.7 Å². The Morgan fingerprint density at radius 2 is 1.40 bits per heavy atom. The summed E-state index contributed by atoms with van der Waals surface area (Å²) in [5, 5.41) is 92.8. The largest absolute Gasteiger partial charge is 0.506 e. The summed E-state index contributed by atoms with van der Waals surface area (Å²) in [7, 11) is 1.48. The molecule has 43 heavy (non-hydrogen) atoms. The number of phenols is 1. The molecule has 2 aliphatic rings. The number of methoxy groups -OCH3 is 1. The number of fused-ring (bicyclic) bond motifs is 1. The minimum atomic E-state index is -1.93. The summed E-state index contributed by atoms with van der Waals surface area (Å²) in [6.45, 7) is -1.57. The average molecular weight is 609 g/mol. The molecule has 5 rings (SSSR count). The molecule has 234 valence electrons. The van der Waals surface area contributed by atoms with E-state index in [2.05, 4.69) is 0 Å². The Morgan fingerprint density at radius 3 is 2.00 bits per heavy atom. The highest BCUT2D eigenvalue weighted by atomic mass is 16.7. The topological polar surface area (TPSA) is 249 Å². The van der Waals surface area contributed by atoms with Gasteiger partial charge in [-0.15, -0.1) is 0 Å². The SMILES string of the molecule is COc1ccc(-c2cc(=O)c3c(O)c([C@@H]4OC(CO)[C@@H](O)[C@H](O)C4O)c(O[C@@H]4OC(CO)[C@@H](O)[C@H](O)C4O)cc3o2)cc1. The molecule has 2 aliphatic heterocycles. The zero-order valence-corrected chi connectivity index (χ0v) is 22.6. The Hall–Kier alpha value is -3.35. The van der Waals surface area contributed by atoms with Gasteiger partial charge in [-0.25, -0.2) is 0 Å². The second-order valence-corrected chi connectivity index (χ2v) is 10.3. The Balaban J connectivity index is 1.68. The molecule has 1 aromatic heterocycles. The van der Waals surface area contributed by atoms with E-state index in [1.165, 1.54) is 7.11 Å². The van der Waals surface area contributed by atoms with Crippen LogP contribution in [-0.4, -0.2) is 121 Å². The van der Waals surface area contributed by atoms with Gasteiger partial charge < -0.3 is 69.3 Å². The van der Waals surface area contributed by atoms with Gasteiger partial charge in [-0.3, -0.25) is 4.79 Å². The number of benzene rings is 2. The molecular formula is C28H32O15. The van der Waals surface area contributed by atoms with Crippen molar-refractivity contribution < 1.29 is 69.3 Å². The van der Waals surface area contributed by atoms with Crippen LogP contribution in [0.15, 0.2) is 45.6 Å². The fraction of sp³-hybridized carbons (Fsp3) is 0.464. The first kappa shape index (κ1) is 31.1. The lowest BCUT2D eigenvalue weighted by Crippen LogP contribution is -2.60. The lowest BCUT2D eigenvalue weighted by atomic mass is 9.89. The van der Waals surface area contributed by atoms with Crippen molar-refractivity contribution in [1.82, 2.24) is 0 Å². The molecule has 0 radical (unpaired) electrons. The third-order valence-electron chi connectivity index (χ3n) is 7.64. The summed E-state index contributed by atoms with van der Waals surface area (Å²) in [4.78, 5) is 13.3. The van der Waals surface area contributed by atoms with Crippen LogP contribution in [-0.2, 0) is 9.47 Å². The predicted octanol–water partition coefficient (Wildman–Crippen LogP) is -2.13. The van der Waals surface area contributed by atoms with Crippen molar-refractivity contribution in [2.24, 2.45) is 0 Å². The minimum Gasteiger partial charge on any atom is -0.506 e. The van der Waals surface area contributed by atoms with E-state index in [0.717, 1.165) is 12.1 Å². The van der Waals surface area contributed by atoms with E-state index in [0.29, 0.717) is 11.3 Å². The quantitative estimate of drug-likeness (QED) is 0.139. The highest BCUT2D eigenvalue weighted by Gasteiger charge is 2.48. The van der Waals surface area contributed by atoms with Gasteiger partial charge in [0.1, 0.15) is 88.9 Å². The van der Waals surface area contributed by atoms with Crippen LogP contribution < -0.4 is 14.9 Å². The Labute approximate surface area is 242 Å². The number of phenolic OH excluding ortho intramolecular Hbond substituents is 1. The van der Waals surface area contributed by atoms with Gasteiger partial charge in [0.05, 0.1) is 25.9 Å². The number of ether oxygens (including phenoxy) is 4. The summed E-state index contributed by atoms with van der Waals surface area (Å²) in [6, 6.07) is 8.73. The molecule has 4 unspecified atom stereocenters. The normalized spacial score (nSPS) is 33.0. The number of hydrogen-bond acceptors (Lipinski definition) is 15. The monoisotopic (exact) mass is 608 g/mol. The van der Waals surface area contributed by atoms with Crippen molar-refractivity contribution in [1.29, 1.82) is 0 Å². The molecule has 3 aromatic rings. The van der Waals surface area contributed by atoms with E-state index in [1.807, 2.05) is 0 Å². The summed E-state index contributed by atoms with van der Waals surface area (Å²) in [5.41, 5.74) is -0.946. The molecule has 0 aliphatic carbocycles.